The summed E-state index contributed by atoms with van der Waals surface area (Å²) < 4.78 is 0. The highest BCUT2D eigenvalue weighted by Gasteiger charge is 2.46. The largest absolute Gasteiger partial charge is 0.329 e. The maximum atomic E-state index is 6.26. The molecule has 2 heteroatoms. The van der Waals surface area contributed by atoms with Crippen molar-refractivity contribution >= 4 is 0 Å². The Morgan fingerprint density at radius 3 is 2.50 bits per heavy atom. The molecule has 104 valence electrons. The Balaban J connectivity index is 1.77. The fourth-order valence-electron chi connectivity index (χ4n) is 4.95. The Bertz CT molecular complexity index is 281. The van der Waals surface area contributed by atoms with Crippen LogP contribution in [0.15, 0.2) is 0 Å². The van der Waals surface area contributed by atoms with E-state index in [1.54, 1.807) is 0 Å². The first-order valence-electron chi connectivity index (χ1n) is 8.22. The molecule has 3 aliphatic rings. The summed E-state index contributed by atoms with van der Waals surface area (Å²) in [5.74, 6) is 1.93. The van der Waals surface area contributed by atoms with Gasteiger partial charge >= 0.3 is 0 Å². The van der Waals surface area contributed by atoms with Gasteiger partial charge in [0.1, 0.15) is 0 Å². The number of piperidine rings is 1. The molecule has 1 heterocycles. The van der Waals surface area contributed by atoms with Gasteiger partial charge in [0.25, 0.3) is 0 Å². The average molecular weight is 250 g/mol. The number of nitrogens with zero attached hydrogens (tertiary/aromatic N) is 1. The zero-order chi connectivity index (χ0) is 12.6. The number of nitrogens with two attached hydrogens (primary N) is 1. The van der Waals surface area contributed by atoms with E-state index >= 15 is 0 Å². The number of rotatable bonds is 2. The summed E-state index contributed by atoms with van der Waals surface area (Å²) in [5.41, 5.74) is 6.63. The monoisotopic (exact) mass is 250 g/mol. The molecule has 0 radical (unpaired) electrons. The lowest BCUT2D eigenvalue weighted by molar-refractivity contribution is -0.0247. The van der Waals surface area contributed by atoms with Crippen molar-refractivity contribution in [2.75, 3.05) is 13.1 Å². The van der Waals surface area contributed by atoms with E-state index in [2.05, 4.69) is 11.8 Å². The van der Waals surface area contributed by atoms with Gasteiger partial charge in [0.2, 0.25) is 0 Å². The summed E-state index contributed by atoms with van der Waals surface area (Å²) in [6.07, 6.45) is 12.8. The van der Waals surface area contributed by atoms with Crippen LogP contribution in [0.25, 0.3) is 0 Å². The fraction of sp³-hybridized carbons (Fsp3) is 1.00. The highest BCUT2D eigenvalue weighted by atomic mass is 15.2. The first-order chi connectivity index (χ1) is 8.75. The van der Waals surface area contributed by atoms with Gasteiger partial charge in [-0.05, 0) is 69.7 Å². The van der Waals surface area contributed by atoms with Crippen molar-refractivity contribution in [3.63, 3.8) is 0 Å². The van der Waals surface area contributed by atoms with E-state index in [0.717, 1.165) is 24.4 Å². The first kappa shape index (κ1) is 12.9. The molecule has 2 unspecified atom stereocenters. The quantitative estimate of drug-likeness (QED) is 0.815. The molecule has 0 bridgehead atoms. The zero-order valence-corrected chi connectivity index (χ0v) is 12.0. The Kier molecular flexibility index (Phi) is 3.68. The van der Waals surface area contributed by atoms with Crippen LogP contribution in [0.4, 0.5) is 0 Å². The molecule has 3 rings (SSSR count). The van der Waals surface area contributed by atoms with Crippen LogP contribution >= 0.6 is 0 Å². The summed E-state index contributed by atoms with van der Waals surface area (Å²) >= 11 is 0. The van der Waals surface area contributed by atoms with Gasteiger partial charge in [0.15, 0.2) is 0 Å². The van der Waals surface area contributed by atoms with Crippen LogP contribution in [0, 0.1) is 11.8 Å². The summed E-state index contributed by atoms with van der Waals surface area (Å²) in [6, 6.07) is 0.885. The summed E-state index contributed by atoms with van der Waals surface area (Å²) in [7, 11) is 0. The second-order valence-corrected chi connectivity index (χ2v) is 7.20. The third-order valence-electron chi connectivity index (χ3n) is 6.19. The standard InChI is InChI=1S/C16H30N2/c1-13-7-9-16(12-17,10-8-13)18-11-3-5-14-4-2-6-15(14)18/h13-15H,2-12,17H2,1H3. The molecule has 0 aromatic rings. The third kappa shape index (κ3) is 2.12. The highest BCUT2D eigenvalue weighted by Crippen LogP contribution is 2.44. The van der Waals surface area contributed by atoms with Crippen LogP contribution < -0.4 is 5.73 Å². The normalized spacial score (nSPS) is 46.0. The number of hydrogen-bond donors (Lipinski definition) is 1. The second kappa shape index (κ2) is 5.13. The van der Waals surface area contributed by atoms with E-state index in [1.165, 1.54) is 64.3 Å². The zero-order valence-electron chi connectivity index (χ0n) is 12.0. The highest BCUT2D eigenvalue weighted by molar-refractivity contribution is 5.02. The molecule has 0 amide bonds. The van der Waals surface area contributed by atoms with Crippen LogP contribution in [0.3, 0.4) is 0 Å². The lowest BCUT2D eigenvalue weighted by Gasteiger charge is -2.53. The molecule has 2 nitrogen and oxygen atoms in total. The maximum Gasteiger partial charge on any atom is 0.0335 e. The van der Waals surface area contributed by atoms with E-state index in [4.69, 9.17) is 5.73 Å². The fourth-order valence-corrected chi connectivity index (χ4v) is 4.95. The molecule has 1 saturated heterocycles. The first-order valence-corrected chi connectivity index (χ1v) is 8.22. The lowest BCUT2D eigenvalue weighted by Crippen LogP contribution is -2.61. The van der Waals surface area contributed by atoms with Crippen molar-refractivity contribution in [3.8, 4) is 0 Å². The van der Waals surface area contributed by atoms with Crippen molar-refractivity contribution in [3.05, 3.63) is 0 Å². The van der Waals surface area contributed by atoms with Crippen LogP contribution in [0.2, 0.25) is 0 Å². The van der Waals surface area contributed by atoms with Crippen molar-refractivity contribution in [2.24, 2.45) is 17.6 Å². The van der Waals surface area contributed by atoms with Gasteiger partial charge < -0.3 is 5.73 Å². The van der Waals surface area contributed by atoms with Gasteiger partial charge in [-0.25, -0.2) is 0 Å². The molecule has 18 heavy (non-hydrogen) atoms. The number of hydrogen-bond acceptors (Lipinski definition) is 2. The molecule has 2 saturated carbocycles. The maximum absolute atomic E-state index is 6.26. The lowest BCUT2D eigenvalue weighted by atomic mass is 9.73. The number of likely N-dealkylation sites (tertiary alicyclic amines) is 1. The van der Waals surface area contributed by atoms with Gasteiger partial charge in [0.05, 0.1) is 0 Å². The van der Waals surface area contributed by atoms with Crippen LogP contribution in [0.5, 0.6) is 0 Å². The van der Waals surface area contributed by atoms with Gasteiger partial charge in [-0.1, -0.05) is 13.3 Å². The minimum Gasteiger partial charge on any atom is -0.329 e. The van der Waals surface area contributed by atoms with E-state index in [-0.39, 0.29) is 0 Å². The summed E-state index contributed by atoms with van der Waals surface area (Å²) in [5, 5.41) is 0. The van der Waals surface area contributed by atoms with Crippen LogP contribution in [-0.4, -0.2) is 29.6 Å². The minimum absolute atomic E-state index is 0.375. The van der Waals surface area contributed by atoms with Crippen molar-refractivity contribution in [1.29, 1.82) is 0 Å². The van der Waals surface area contributed by atoms with Gasteiger partial charge in [0, 0.05) is 18.1 Å². The van der Waals surface area contributed by atoms with Crippen molar-refractivity contribution < 1.29 is 0 Å². The van der Waals surface area contributed by atoms with Crippen molar-refractivity contribution in [2.45, 2.75) is 76.3 Å². The Morgan fingerprint density at radius 2 is 1.78 bits per heavy atom. The Morgan fingerprint density at radius 1 is 1.06 bits per heavy atom. The summed E-state index contributed by atoms with van der Waals surface area (Å²) in [4.78, 5) is 2.89. The van der Waals surface area contributed by atoms with Gasteiger partial charge in [-0.15, -0.1) is 0 Å². The SMILES string of the molecule is CC1CCC(CN)(N2CCCC3CCCC32)CC1. The van der Waals surface area contributed by atoms with Crippen molar-refractivity contribution in [1.82, 2.24) is 4.90 Å². The smallest absolute Gasteiger partial charge is 0.0335 e. The molecular formula is C16H30N2. The van der Waals surface area contributed by atoms with Gasteiger partial charge in [-0.2, -0.15) is 0 Å². The molecular weight excluding hydrogens is 220 g/mol. The third-order valence-corrected chi connectivity index (χ3v) is 6.19. The van der Waals surface area contributed by atoms with Crippen LogP contribution in [-0.2, 0) is 0 Å². The molecule has 2 aliphatic carbocycles. The molecule has 3 fully saturated rings. The second-order valence-electron chi connectivity index (χ2n) is 7.20. The predicted molar refractivity (Wildman–Crippen MR) is 76.5 cm³/mol. The molecule has 0 aromatic carbocycles. The molecule has 2 atom stereocenters. The molecule has 0 spiro atoms. The van der Waals surface area contributed by atoms with E-state index < -0.39 is 0 Å². The van der Waals surface area contributed by atoms with E-state index in [0.29, 0.717) is 5.54 Å². The topological polar surface area (TPSA) is 29.3 Å². The average Bonchev–Trinajstić information content (AvgIpc) is 2.88. The summed E-state index contributed by atoms with van der Waals surface area (Å²) in [6.45, 7) is 4.63. The minimum atomic E-state index is 0.375. The Hall–Kier alpha value is -0.0800. The number of fused-ring (bicyclic) bond motifs is 1. The van der Waals surface area contributed by atoms with E-state index in [1.807, 2.05) is 0 Å². The molecule has 0 aromatic heterocycles. The Labute approximate surface area is 112 Å². The van der Waals surface area contributed by atoms with Crippen LogP contribution in [0.1, 0.15) is 64.7 Å². The molecule has 1 aliphatic heterocycles. The molecule has 2 N–H and O–H groups in total. The van der Waals surface area contributed by atoms with E-state index in [9.17, 15) is 0 Å². The van der Waals surface area contributed by atoms with Gasteiger partial charge in [-0.3, -0.25) is 4.90 Å². The predicted octanol–water partition coefficient (Wildman–Crippen LogP) is 3.16.